The second-order valence-corrected chi connectivity index (χ2v) is 7.19. The van der Waals surface area contributed by atoms with Crippen molar-refractivity contribution in [1.82, 2.24) is 4.98 Å². The van der Waals surface area contributed by atoms with Gasteiger partial charge in [-0.2, -0.15) is 0 Å². The van der Waals surface area contributed by atoms with Gasteiger partial charge in [0.05, 0.1) is 12.8 Å². The molecule has 1 aliphatic heterocycles. The van der Waals surface area contributed by atoms with E-state index in [-0.39, 0.29) is 11.9 Å². The zero-order valence-electron chi connectivity index (χ0n) is 15.6. The van der Waals surface area contributed by atoms with Crippen LogP contribution < -0.4 is 15.0 Å². The standard InChI is InChI=1S/C22H20ClN3O2/c1-14-11-15-5-3-4-6-19(15)26(14)22(27)16-9-10-24-21(12-16)25-18-13-17(23)7-8-20(18)28-2/h3-10,12-14H,11H2,1-2H3,(H,24,25). The van der Waals surface area contributed by atoms with Gasteiger partial charge >= 0.3 is 0 Å². The Morgan fingerprint density at radius 1 is 1.21 bits per heavy atom. The maximum Gasteiger partial charge on any atom is 0.258 e. The highest BCUT2D eigenvalue weighted by Crippen LogP contribution is 2.34. The first kappa shape index (κ1) is 18.3. The minimum Gasteiger partial charge on any atom is -0.495 e. The van der Waals surface area contributed by atoms with Crippen LogP contribution in [-0.4, -0.2) is 24.0 Å². The van der Waals surface area contributed by atoms with Gasteiger partial charge in [-0.25, -0.2) is 4.98 Å². The predicted octanol–water partition coefficient (Wildman–Crippen LogP) is 5.08. The molecule has 0 spiro atoms. The zero-order chi connectivity index (χ0) is 19.7. The first-order valence-corrected chi connectivity index (χ1v) is 9.42. The molecule has 1 N–H and O–H groups in total. The van der Waals surface area contributed by atoms with Crippen LogP contribution in [0.3, 0.4) is 0 Å². The number of nitrogens with one attached hydrogen (secondary N) is 1. The highest BCUT2D eigenvalue weighted by atomic mass is 35.5. The van der Waals surface area contributed by atoms with Gasteiger partial charge in [0, 0.05) is 28.5 Å². The number of hydrogen-bond donors (Lipinski definition) is 1. The summed E-state index contributed by atoms with van der Waals surface area (Å²) in [5, 5.41) is 3.77. The van der Waals surface area contributed by atoms with Crippen LogP contribution in [0, 0.1) is 0 Å². The number of fused-ring (bicyclic) bond motifs is 1. The van der Waals surface area contributed by atoms with Gasteiger partial charge in [-0.15, -0.1) is 0 Å². The number of hydrogen-bond acceptors (Lipinski definition) is 4. The van der Waals surface area contributed by atoms with Crippen molar-refractivity contribution in [3.8, 4) is 5.75 Å². The molecule has 0 fully saturated rings. The first-order valence-electron chi connectivity index (χ1n) is 9.05. The summed E-state index contributed by atoms with van der Waals surface area (Å²) < 4.78 is 5.36. The molecule has 0 aliphatic carbocycles. The van der Waals surface area contributed by atoms with Crippen LogP contribution in [0.15, 0.2) is 60.8 Å². The Morgan fingerprint density at radius 3 is 2.86 bits per heavy atom. The van der Waals surface area contributed by atoms with Gasteiger partial charge in [-0.3, -0.25) is 4.79 Å². The van der Waals surface area contributed by atoms with Crippen molar-refractivity contribution in [1.29, 1.82) is 0 Å². The van der Waals surface area contributed by atoms with E-state index in [0.717, 1.165) is 12.1 Å². The number of ether oxygens (including phenoxy) is 1. The molecule has 28 heavy (non-hydrogen) atoms. The van der Waals surface area contributed by atoms with Crippen LogP contribution in [0.25, 0.3) is 0 Å². The highest BCUT2D eigenvalue weighted by molar-refractivity contribution is 6.31. The number of methoxy groups -OCH3 is 1. The zero-order valence-corrected chi connectivity index (χ0v) is 16.4. The van der Waals surface area contributed by atoms with Gasteiger partial charge < -0.3 is 15.0 Å². The number of anilines is 3. The Balaban J connectivity index is 1.63. The third-order valence-electron chi connectivity index (χ3n) is 4.86. The summed E-state index contributed by atoms with van der Waals surface area (Å²) in [6, 6.07) is 16.9. The lowest BCUT2D eigenvalue weighted by atomic mass is 10.1. The van der Waals surface area contributed by atoms with E-state index < -0.39 is 0 Å². The molecule has 1 atom stereocenters. The molecule has 0 bridgehead atoms. The average molecular weight is 394 g/mol. The van der Waals surface area contributed by atoms with Crippen LogP contribution in [0.1, 0.15) is 22.8 Å². The minimum atomic E-state index is -0.0408. The topological polar surface area (TPSA) is 54.5 Å². The van der Waals surface area contributed by atoms with Gasteiger partial charge in [-0.1, -0.05) is 29.8 Å². The second-order valence-electron chi connectivity index (χ2n) is 6.76. The Hall–Kier alpha value is -3.05. The summed E-state index contributed by atoms with van der Waals surface area (Å²) in [6.07, 6.45) is 2.48. The van der Waals surface area contributed by atoms with Crippen LogP contribution >= 0.6 is 11.6 Å². The number of carbonyl (C=O) groups is 1. The van der Waals surface area contributed by atoms with Crippen molar-refractivity contribution in [2.24, 2.45) is 0 Å². The summed E-state index contributed by atoms with van der Waals surface area (Å²) in [4.78, 5) is 19.4. The minimum absolute atomic E-state index is 0.0408. The first-order chi connectivity index (χ1) is 13.6. The number of pyridine rings is 1. The molecule has 1 aliphatic rings. The lowest BCUT2D eigenvalue weighted by Crippen LogP contribution is -2.35. The maximum atomic E-state index is 13.2. The Kier molecular flexibility index (Phi) is 4.92. The van der Waals surface area contributed by atoms with E-state index in [9.17, 15) is 4.79 Å². The lowest BCUT2D eigenvalue weighted by molar-refractivity contribution is 0.0981. The van der Waals surface area contributed by atoms with Gasteiger partial charge in [0.1, 0.15) is 11.6 Å². The Labute approximate surface area is 168 Å². The maximum absolute atomic E-state index is 13.2. The number of aromatic nitrogens is 1. The fourth-order valence-electron chi connectivity index (χ4n) is 3.56. The van der Waals surface area contributed by atoms with Gasteiger partial charge in [0.15, 0.2) is 0 Å². The summed E-state index contributed by atoms with van der Waals surface area (Å²) in [5.74, 6) is 1.15. The molecule has 1 unspecified atom stereocenters. The highest BCUT2D eigenvalue weighted by Gasteiger charge is 2.31. The van der Waals surface area contributed by atoms with Gasteiger partial charge in [-0.05, 0) is 55.3 Å². The van der Waals surface area contributed by atoms with Crippen LogP contribution in [-0.2, 0) is 6.42 Å². The molecule has 0 saturated carbocycles. The molecular weight excluding hydrogens is 374 g/mol. The third kappa shape index (κ3) is 3.41. The molecule has 0 saturated heterocycles. The quantitative estimate of drug-likeness (QED) is 0.671. The van der Waals surface area contributed by atoms with E-state index >= 15 is 0 Å². The lowest BCUT2D eigenvalue weighted by Gasteiger charge is -2.23. The SMILES string of the molecule is COc1ccc(Cl)cc1Nc1cc(C(=O)N2c3ccccc3CC2C)ccn1. The van der Waals surface area contributed by atoms with Crippen molar-refractivity contribution in [3.05, 3.63) is 76.9 Å². The fraction of sp³-hybridized carbons (Fsp3) is 0.182. The molecule has 142 valence electrons. The summed E-state index contributed by atoms with van der Waals surface area (Å²) in [7, 11) is 1.59. The Morgan fingerprint density at radius 2 is 2.04 bits per heavy atom. The summed E-state index contributed by atoms with van der Waals surface area (Å²) in [5.41, 5.74) is 3.43. The van der Waals surface area contributed by atoms with Gasteiger partial charge in [0.25, 0.3) is 5.91 Å². The van der Waals surface area contributed by atoms with Gasteiger partial charge in [0.2, 0.25) is 0 Å². The molecule has 6 heteroatoms. The van der Waals surface area contributed by atoms with E-state index in [1.165, 1.54) is 5.56 Å². The van der Waals surface area contributed by atoms with Crippen molar-refractivity contribution in [2.45, 2.75) is 19.4 Å². The van der Waals surface area contributed by atoms with Crippen molar-refractivity contribution in [2.75, 3.05) is 17.3 Å². The average Bonchev–Trinajstić information content (AvgIpc) is 3.03. The molecule has 0 radical (unpaired) electrons. The smallest absolute Gasteiger partial charge is 0.258 e. The number of amides is 1. The largest absolute Gasteiger partial charge is 0.495 e. The molecule has 1 aromatic heterocycles. The molecule has 3 aromatic rings. The van der Waals surface area contributed by atoms with E-state index in [1.807, 2.05) is 23.1 Å². The molecule has 4 rings (SSSR count). The fourth-order valence-corrected chi connectivity index (χ4v) is 3.73. The molecule has 2 heterocycles. The third-order valence-corrected chi connectivity index (χ3v) is 5.09. The van der Waals surface area contributed by atoms with E-state index in [0.29, 0.717) is 27.8 Å². The molecule has 5 nitrogen and oxygen atoms in total. The summed E-state index contributed by atoms with van der Waals surface area (Å²) in [6.45, 7) is 2.06. The van der Waals surface area contributed by atoms with Crippen molar-refractivity contribution < 1.29 is 9.53 Å². The van der Waals surface area contributed by atoms with Crippen LogP contribution in [0.2, 0.25) is 5.02 Å². The number of benzene rings is 2. The number of para-hydroxylation sites is 1. The van der Waals surface area contributed by atoms with Crippen molar-refractivity contribution in [3.63, 3.8) is 0 Å². The number of nitrogens with zero attached hydrogens (tertiary/aromatic N) is 2. The molecule has 2 aromatic carbocycles. The van der Waals surface area contributed by atoms with Crippen LogP contribution in [0.5, 0.6) is 5.75 Å². The van der Waals surface area contributed by atoms with Crippen molar-refractivity contribution >= 4 is 34.7 Å². The van der Waals surface area contributed by atoms with E-state index in [1.54, 1.807) is 43.6 Å². The number of halogens is 1. The second kappa shape index (κ2) is 7.52. The van der Waals surface area contributed by atoms with E-state index in [4.69, 9.17) is 16.3 Å². The number of carbonyl (C=O) groups excluding carboxylic acids is 1. The van der Waals surface area contributed by atoms with Crippen LogP contribution in [0.4, 0.5) is 17.2 Å². The normalized spacial score (nSPS) is 15.2. The predicted molar refractivity (Wildman–Crippen MR) is 112 cm³/mol. The van der Waals surface area contributed by atoms with E-state index in [2.05, 4.69) is 23.3 Å². The molecule has 1 amide bonds. The molecular formula is C22H20ClN3O2. The Bertz CT molecular complexity index is 1040. The summed E-state index contributed by atoms with van der Waals surface area (Å²) >= 11 is 6.10. The number of rotatable bonds is 4. The monoisotopic (exact) mass is 393 g/mol.